The Bertz CT molecular complexity index is 498. The predicted molar refractivity (Wildman–Crippen MR) is 93.9 cm³/mol. The molecule has 0 radical (unpaired) electrons. The van der Waals surface area contributed by atoms with Crippen LogP contribution in [0.2, 0.25) is 16.6 Å². The van der Waals surface area contributed by atoms with Crippen molar-refractivity contribution in [3.05, 3.63) is 29.8 Å². The molecule has 22 heavy (non-hydrogen) atoms. The standard InChI is InChI=1S/C16H29O4PSi/c1-12(2)22(13(3)4,14(5)6)20-16-9-7-15(8-10-16)11-21(17,18)19/h7-10,12-14H,11H2,1-6H3,(H2,17,18,19). The van der Waals surface area contributed by atoms with Crippen LogP contribution in [0.4, 0.5) is 0 Å². The van der Waals surface area contributed by atoms with E-state index < -0.39 is 15.9 Å². The van der Waals surface area contributed by atoms with E-state index in [-0.39, 0.29) is 6.16 Å². The molecule has 1 rings (SSSR count). The summed E-state index contributed by atoms with van der Waals surface area (Å²) in [7, 11) is -6.01. The van der Waals surface area contributed by atoms with Gasteiger partial charge < -0.3 is 14.2 Å². The minimum atomic E-state index is -4.02. The van der Waals surface area contributed by atoms with Crippen LogP contribution in [0.1, 0.15) is 47.1 Å². The molecule has 0 saturated heterocycles. The summed E-state index contributed by atoms with van der Waals surface area (Å²) < 4.78 is 17.6. The molecule has 0 heterocycles. The molecule has 0 amide bonds. The fraction of sp³-hybridized carbons (Fsp3) is 0.625. The van der Waals surface area contributed by atoms with Crippen molar-refractivity contribution < 1.29 is 18.8 Å². The Morgan fingerprint density at radius 3 is 1.68 bits per heavy atom. The van der Waals surface area contributed by atoms with Crippen LogP contribution >= 0.6 is 7.60 Å². The summed E-state index contributed by atoms with van der Waals surface area (Å²) in [4.78, 5) is 18.1. The normalized spacial score (nSPS) is 13.2. The highest BCUT2D eigenvalue weighted by Gasteiger charge is 2.46. The topological polar surface area (TPSA) is 66.8 Å². The lowest BCUT2D eigenvalue weighted by molar-refractivity contribution is 0.371. The first-order chi connectivity index (χ1) is 9.99. The first-order valence-electron chi connectivity index (χ1n) is 7.81. The lowest BCUT2D eigenvalue weighted by Crippen LogP contribution is -2.50. The Labute approximate surface area is 135 Å². The van der Waals surface area contributed by atoms with E-state index in [0.717, 1.165) is 5.75 Å². The molecular formula is C16H29O4PSi. The molecule has 0 aliphatic heterocycles. The summed E-state index contributed by atoms with van der Waals surface area (Å²) in [5.41, 5.74) is 2.10. The van der Waals surface area contributed by atoms with Crippen LogP contribution in [0.3, 0.4) is 0 Å². The van der Waals surface area contributed by atoms with Crippen molar-refractivity contribution >= 4 is 15.9 Å². The molecule has 2 N–H and O–H groups in total. The Kier molecular flexibility index (Phi) is 6.45. The minimum absolute atomic E-state index is 0.228. The smallest absolute Gasteiger partial charge is 0.329 e. The van der Waals surface area contributed by atoms with E-state index in [1.165, 1.54) is 0 Å². The highest BCUT2D eigenvalue weighted by Crippen LogP contribution is 2.43. The van der Waals surface area contributed by atoms with Gasteiger partial charge in [0.05, 0.1) is 6.16 Å². The van der Waals surface area contributed by atoms with Crippen LogP contribution in [0.15, 0.2) is 24.3 Å². The van der Waals surface area contributed by atoms with Crippen LogP contribution in [-0.2, 0) is 10.7 Å². The van der Waals surface area contributed by atoms with Gasteiger partial charge in [-0.1, -0.05) is 53.7 Å². The number of hydrogen-bond donors (Lipinski definition) is 2. The van der Waals surface area contributed by atoms with Crippen LogP contribution in [0.5, 0.6) is 5.75 Å². The second kappa shape index (κ2) is 7.31. The molecule has 0 atom stereocenters. The molecule has 6 heteroatoms. The Morgan fingerprint density at radius 2 is 1.36 bits per heavy atom. The molecule has 4 nitrogen and oxygen atoms in total. The van der Waals surface area contributed by atoms with Gasteiger partial charge in [0.25, 0.3) is 8.32 Å². The first-order valence-corrected chi connectivity index (χ1v) is 11.8. The number of hydrogen-bond acceptors (Lipinski definition) is 2. The first kappa shape index (κ1) is 19.4. The molecule has 0 unspecified atom stereocenters. The van der Waals surface area contributed by atoms with E-state index in [1.54, 1.807) is 12.1 Å². The Balaban J connectivity index is 3.03. The van der Waals surface area contributed by atoms with Crippen LogP contribution < -0.4 is 4.43 Å². The summed E-state index contributed by atoms with van der Waals surface area (Å²) in [5, 5.41) is 0. The molecule has 0 saturated carbocycles. The van der Waals surface area contributed by atoms with Gasteiger partial charge in [-0.2, -0.15) is 0 Å². The molecule has 0 aromatic heterocycles. The largest absolute Gasteiger partial charge is 0.543 e. The van der Waals surface area contributed by atoms with Gasteiger partial charge in [0.1, 0.15) is 5.75 Å². The van der Waals surface area contributed by atoms with Crippen LogP contribution in [0, 0.1) is 0 Å². The Morgan fingerprint density at radius 1 is 0.955 bits per heavy atom. The van der Waals surface area contributed by atoms with Gasteiger partial charge >= 0.3 is 7.60 Å². The third-order valence-electron chi connectivity index (χ3n) is 4.31. The van der Waals surface area contributed by atoms with Gasteiger partial charge in [-0.3, -0.25) is 4.57 Å². The maximum atomic E-state index is 11.1. The average molecular weight is 344 g/mol. The van der Waals surface area contributed by atoms with Crippen LogP contribution in [0.25, 0.3) is 0 Å². The number of benzene rings is 1. The second-order valence-electron chi connectivity index (χ2n) is 6.89. The van der Waals surface area contributed by atoms with Crippen molar-refractivity contribution in [1.82, 2.24) is 0 Å². The van der Waals surface area contributed by atoms with Crippen molar-refractivity contribution in [3.63, 3.8) is 0 Å². The summed E-state index contributed by atoms with van der Waals surface area (Å²) in [6.45, 7) is 13.4. The van der Waals surface area contributed by atoms with E-state index in [9.17, 15) is 4.57 Å². The van der Waals surface area contributed by atoms with Crippen molar-refractivity contribution in [2.45, 2.75) is 64.3 Å². The monoisotopic (exact) mass is 344 g/mol. The zero-order valence-corrected chi connectivity index (χ0v) is 16.3. The molecule has 0 fully saturated rings. The van der Waals surface area contributed by atoms with E-state index in [2.05, 4.69) is 41.5 Å². The van der Waals surface area contributed by atoms with E-state index in [4.69, 9.17) is 14.2 Å². The van der Waals surface area contributed by atoms with Crippen molar-refractivity contribution in [2.24, 2.45) is 0 Å². The van der Waals surface area contributed by atoms with E-state index in [1.807, 2.05) is 12.1 Å². The molecule has 0 aliphatic rings. The molecule has 0 aliphatic carbocycles. The van der Waals surface area contributed by atoms with Gasteiger partial charge in [-0.15, -0.1) is 0 Å². The predicted octanol–water partition coefficient (Wildman–Crippen LogP) is 4.92. The zero-order valence-electron chi connectivity index (χ0n) is 14.4. The third kappa shape index (κ3) is 4.69. The van der Waals surface area contributed by atoms with E-state index >= 15 is 0 Å². The molecule has 1 aromatic rings. The van der Waals surface area contributed by atoms with Gasteiger partial charge in [0, 0.05) is 0 Å². The average Bonchev–Trinajstić information content (AvgIpc) is 2.34. The molecular weight excluding hydrogens is 315 g/mol. The SMILES string of the molecule is CC(C)[Si](Oc1ccc(CP(=O)(O)O)cc1)(C(C)C)C(C)C. The summed E-state index contributed by atoms with van der Waals surface area (Å²) in [6, 6.07) is 7.16. The lowest BCUT2D eigenvalue weighted by Gasteiger charge is -2.42. The highest BCUT2D eigenvalue weighted by molar-refractivity contribution is 7.50. The number of rotatable bonds is 7. The van der Waals surface area contributed by atoms with Crippen molar-refractivity contribution in [1.29, 1.82) is 0 Å². The molecule has 0 bridgehead atoms. The molecule has 1 aromatic carbocycles. The fourth-order valence-corrected chi connectivity index (χ4v) is 9.40. The maximum absolute atomic E-state index is 11.1. The Hall–Kier alpha value is -0.613. The van der Waals surface area contributed by atoms with E-state index in [0.29, 0.717) is 22.2 Å². The second-order valence-corrected chi connectivity index (χ2v) is 13.9. The van der Waals surface area contributed by atoms with Gasteiger partial charge in [-0.05, 0) is 34.3 Å². The van der Waals surface area contributed by atoms with Crippen molar-refractivity contribution in [2.75, 3.05) is 0 Å². The lowest BCUT2D eigenvalue weighted by atomic mass is 10.2. The zero-order chi connectivity index (χ0) is 17.1. The molecule has 0 spiro atoms. The molecule has 126 valence electrons. The summed E-state index contributed by atoms with van der Waals surface area (Å²) in [6.07, 6.45) is -0.228. The van der Waals surface area contributed by atoms with Crippen molar-refractivity contribution in [3.8, 4) is 5.75 Å². The van der Waals surface area contributed by atoms with Gasteiger partial charge in [0.2, 0.25) is 0 Å². The summed E-state index contributed by atoms with van der Waals surface area (Å²) in [5.74, 6) is 0.803. The fourth-order valence-electron chi connectivity index (χ4n) is 3.46. The van der Waals surface area contributed by atoms with Gasteiger partial charge in [0.15, 0.2) is 0 Å². The summed E-state index contributed by atoms with van der Waals surface area (Å²) >= 11 is 0. The maximum Gasteiger partial charge on any atom is 0.329 e. The quantitative estimate of drug-likeness (QED) is 0.544. The third-order valence-corrected chi connectivity index (χ3v) is 11.1. The minimum Gasteiger partial charge on any atom is -0.543 e. The van der Waals surface area contributed by atoms with Crippen LogP contribution in [-0.4, -0.2) is 18.1 Å². The van der Waals surface area contributed by atoms with Gasteiger partial charge in [-0.25, -0.2) is 0 Å². The highest BCUT2D eigenvalue weighted by atomic mass is 31.2.